The van der Waals surface area contributed by atoms with Gasteiger partial charge < -0.3 is 5.73 Å². The van der Waals surface area contributed by atoms with Crippen molar-refractivity contribution in [2.75, 3.05) is 5.73 Å². The molecular weight excluding hydrogens is 166 g/mol. The van der Waals surface area contributed by atoms with Crippen LogP contribution in [0.4, 0.5) is 5.95 Å². The van der Waals surface area contributed by atoms with E-state index in [0.29, 0.717) is 16.2 Å². The van der Waals surface area contributed by atoms with Crippen LogP contribution in [0.3, 0.4) is 0 Å². The number of nitrogens with one attached hydrogen (secondary N) is 1. The quantitative estimate of drug-likeness (QED) is 0.605. The SMILES string of the molecule is Nc1ncc2c(Cl)[nH]nc2n1. The Morgan fingerprint density at radius 1 is 1.55 bits per heavy atom. The fourth-order valence-corrected chi connectivity index (χ4v) is 0.964. The Hall–Kier alpha value is -1.36. The van der Waals surface area contributed by atoms with Gasteiger partial charge in [-0.05, 0) is 0 Å². The van der Waals surface area contributed by atoms with Gasteiger partial charge in [0.15, 0.2) is 5.65 Å². The highest BCUT2D eigenvalue weighted by Crippen LogP contribution is 2.17. The number of nitrogens with zero attached hydrogens (tertiary/aromatic N) is 3. The summed E-state index contributed by atoms with van der Waals surface area (Å²) in [6, 6.07) is 0. The molecule has 0 saturated heterocycles. The minimum absolute atomic E-state index is 0.195. The van der Waals surface area contributed by atoms with Crippen molar-refractivity contribution < 1.29 is 0 Å². The number of H-pyrrole nitrogens is 1. The van der Waals surface area contributed by atoms with Gasteiger partial charge in [-0.15, -0.1) is 0 Å². The van der Waals surface area contributed by atoms with Crippen LogP contribution in [0, 0.1) is 0 Å². The summed E-state index contributed by atoms with van der Waals surface area (Å²) in [6.45, 7) is 0. The van der Waals surface area contributed by atoms with E-state index in [0.717, 1.165) is 0 Å². The number of nitrogens with two attached hydrogens (primary N) is 1. The number of nitrogen functional groups attached to an aromatic ring is 1. The molecule has 0 aliphatic carbocycles. The monoisotopic (exact) mass is 169 g/mol. The van der Waals surface area contributed by atoms with E-state index in [1.807, 2.05) is 0 Å². The largest absolute Gasteiger partial charge is 0.368 e. The van der Waals surface area contributed by atoms with Crippen LogP contribution in [-0.4, -0.2) is 20.2 Å². The Morgan fingerprint density at radius 3 is 3.18 bits per heavy atom. The van der Waals surface area contributed by atoms with E-state index in [-0.39, 0.29) is 5.95 Å². The number of hydrogen-bond acceptors (Lipinski definition) is 4. The lowest BCUT2D eigenvalue weighted by atomic mass is 10.4. The highest BCUT2D eigenvalue weighted by molar-refractivity contribution is 6.33. The molecule has 2 aromatic heterocycles. The van der Waals surface area contributed by atoms with Crippen molar-refractivity contribution in [2.45, 2.75) is 0 Å². The summed E-state index contributed by atoms with van der Waals surface area (Å²) in [5.74, 6) is 0.195. The minimum Gasteiger partial charge on any atom is -0.368 e. The zero-order valence-corrected chi connectivity index (χ0v) is 6.13. The molecule has 2 rings (SSSR count). The molecule has 2 heterocycles. The Labute approximate surface area is 66.6 Å². The highest BCUT2D eigenvalue weighted by Gasteiger charge is 2.03. The highest BCUT2D eigenvalue weighted by atomic mass is 35.5. The number of halogens is 1. The van der Waals surface area contributed by atoms with Gasteiger partial charge in [-0.2, -0.15) is 10.1 Å². The summed E-state index contributed by atoms with van der Waals surface area (Å²) in [4.78, 5) is 7.60. The third kappa shape index (κ3) is 0.894. The van der Waals surface area contributed by atoms with Gasteiger partial charge in [0.25, 0.3) is 0 Å². The van der Waals surface area contributed by atoms with E-state index in [1.54, 1.807) is 0 Å². The van der Waals surface area contributed by atoms with Gasteiger partial charge in [0.1, 0.15) is 5.15 Å². The first-order valence-corrected chi connectivity index (χ1v) is 3.27. The van der Waals surface area contributed by atoms with E-state index >= 15 is 0 Å². The van der Waals surface area contributed by atoms with Crippen LogP contribution in [0.2, 0.25) is 5.15 Å². The van der Waals surface area contributed by atoms with Crippen molar-refractivity contribution in [1.29, 1.82) is 0 Å². The van der Waals surface area contributed by atoms with E-state index in [2.05, 4.69) is 20.2 Å². The Morgan fingerprint density at radius 2 is 2.36 bits per heavy atom. The summed E-state index contributed by atoms with van der Waals surface area (Å²) in [5, 5.41) is 7.46. The molecule has 0 aromatic carbocycles. The van der Waals surface area contributed by atoms with Crippen LogP contribution < -0.4 is 5.73 Å². The molecule has 56 valence electrons. The maximum atomic E-state index is 5.69. The predicted octanol–water partition coefficient (Wildman–Crippen LogP) is 0.588. The minimum atomic E-state index is 0.195. The molecule has 3 N–H and O–H groups in total. The third-order valence-corrected chi connectivity index (χ3v) is 1.57. The maximum Gasteiger partial charge on any atom is 0.222 e. The van der Waals surface area contributed by atoms with E-state index in [9.17, 15) is 0 Å². The molecule has 0 fully saturated rings. The van der Waals surface area contributed by atoms with Crippen LogP contribution in [0.5, 0.6) is 0 Å². The van der Waals surface area contributed by atoms with Gasteiger partial charge in [-0.25, -0.2) is 4.98 Å². The lowest BCUT2D eigenvalue weighted by Gasteiger charge is -1.88. The molecule has 0 atom stereocenters. The smallest absolute Gasteiger partial charge is 0.222 e. The second-order valence-corrected chi connectivity index (χ2v) is 2.38. The maximum absolute atomic E-state index is 5.69. The normalized spacial score (nSPS) is 10.6. The molecule has 0 saturated carbocycles. The molecule has 0 aliphatic rings. The van der Waals surface area contributed by atoms with Gasteiger partial charge in [0.2, 0.25) is 5.95 Å². The fourth-order valence-electron chi connectivity index (χ4n) is 0.788. The topological polar surface area (TPSA) is 80.5 Å². The van der Waals surface area contributed by atoms with Crippen LogP contribution in [0.15, 0.2) is 6.20 Å². The standard InChI is InChI=1S/C5H4ClN5/c6-3-2-1-8-5(7)9-4(2)11-10-3/h1H,(H3,7,8,9,10,11). The molecule has 0 radical (unpaired) electrons. The van der Waals surface area contributed by atoms with Crippen LogP contribution in [0.25, 0.3) is 11.0 Å². The fraction of sp³-hybridized carbons (Fsp3) is 0. The second kappa shape index (κ2) is 2.06. The van der Waals surface area contributed by atoms with Crippen molar-refractivity contribution in [3.8, 4) is 0 Å². The molecule has 0 amide bonds. The lowest BCUT2D eigenvalue weighted by molar-refractivity contribution is 1.09. The van der Waals surface area contributed by atoms with Crippen LogP contribution in [0.1, 0.15) is 0 Å². The van der Waals surface area contributed by atoms with Crippen LogP contribution in [-0.2, 0) is 0 Å². The Kier molecular flexibility index (Phi) is 1.19. The van der Waals surface area contributed by atoms with Crippen molar-refractivity contribution >= 4 is 28.6 Å². The van der Waals surface area contributed by atoms with Gasteiger partial charge in [-0.1, -0.05) is 11.6 Å². The molecule has 0 unspecified atom stereocenters. The van der Waals surface area contributed by atoms with Gasteiger partial charge >= 0.3 is 0 Å². The molecule has 2 aromatic rings. The summed E-state index contributed by atoms with van der Waals surface area (Å²) < 4.78 is 0. The second-order valence-electron chi connectivity index (χ2n) is 2.00. The van der Waals surface area contributed by atoms with Crippen molar-refractivity contribution in [2.24, 2.45) is 0 Å². The zero-order chi connectivity index (χ0) is 7.84. The summed E-state index contributed by atoms with van der Waals surface area (Å²) in [6.07, 6.45) is 1.53. The number of aromatic nitrogens is 4. The van der Waals surface area contributed by atoms with Gasteiger partial charge in [0, 0.05) is 6.20 Å². The average Bonchev–Trinajstić information content (AvgIpc) is 2.32. The molecule has 5 nitrogen and oxygen atoms in total. The predicted molar refractivity (Wildman–Crippen MR) is 41.1 cm³/mol. The molecule has 6 heteroatoms. The first-order valence-electron chi connectivity index (χ1n) is 2.89. The first kappa shape index (κ1) is 6.36. The van der Waals surface area contributed by atoms with Crippen molar-refractivity contribution in [1.82, 2.24) is 20.2 Å². The Bertz CT molecular complexity index is 395. The first-order chi connectivity index (χ1) is 5.27. The zero-order valence-electron chi connectivity index (χ0n) is 5.37. The van der Waals surface area contributed by atoms with Crippen molar-refractivity contribution in [3.05, 3.63) is 11.3 Å². The molecule has 0 aliphatic heterocycles. The summed E-state index contributed by atoms with van der Waals surface area (Å²) >= 11 is 5.69. The molecule has 0 bridgehead atoms. The van der Waals surface area contributed by atoms with Crippen LogP contribution >= 0.6 is 11.6 Å². The Balaban J connectivity index is 2.86. The number of anilines is 1. The molecule has 0 spiro atoms. The van der Waals surface area contributed by atoms with Gasteiger partial charge in [-0.3, -0.25) is 5.10 Å². The van der Waals surface area contributed by atoms with E-state index in [1.165, 1.54) is 6.20 Å². The summed E-state index contributed by atoms with van der Waals surface area (Å²) in [5.41, 5.74) is 5.80. The number of fused-ring (bicyclic) bond motifs is 1. The van der Waals surface area contributed by atoms with Crippen molar-refractivity contribution in [3.63, 3.8) is 0 Å². The third-order valence-electron chi connectivity index (χ3n) is 1.28. The van der Waals surface area contributed by atoms with Gasteiger partial charge in [0.05, 0.1) is 5.39 Å². The number of rotatable bonds is 0. The number of hydrogen-bond donors (Lipinski definition) is 2. The molecule has 11 heavy (non-hydrogen) atoms. The molecular formula is C5H4ClN5. The van der Waals surface area contributed by atoms with E-state index < -0.39 is 0 Å². The number of aromatic amines is 1. The average molecular weight is 170 g/mol. The lowest BCUT2D eigenvalue weighted by Crippen LogP contribution is -1.92. The van der Waals surface area contributed by atoms with E-state index in [4.69, 9.17) is 17.3 Å². The summed E-state index contributed by atoms with van der Waals surface area (Å²) in [7, 11) is 0.